The SMILES string of the molecule is OCC1CCN(c2cccnc2N2CC(c3ccc4ccccc4n3)C2)CC1. The zero-order chi connectivity index (χ0) is 18.9. The number of hydrogen-bond donors (Lipinski definition) is 1. The van der Waals surface area contributed by atoms with Crippen LogP contribution in [0, 0.1) is 5.92 Å². The molecule has 0 bridgehead atoms. The second kappa shape index (κ2) is 7.40. The number of anilines is 2. The fraction of sp³-hybridized carbons (Fsp3) is 0.391. The maximum Gasteiger partial charge on any atom is 0.152 e. The average Bonchev–Trinajstić information content (AvgIpc) is 2.73. The van der Waals surface area contributed by atoms with Crippen molar-refractivity contribution in [1.29, 1.82) is 0 Å². The Kier molecular flexibility index (Phi) is 4.61. The molecule has 2 aromatic heterocycles. The smallest absolute Gasteiger partial charge is 0.152 e. The maximum absolute atomic E-state index is 9.40. The summed E-state index contributed by atoms with van der Waals surface area (Å²) < 4.78 is 0. The molecule has 2 aliphatic heterocycles. The zero-order valence-electron chi connectivity index (χ0n) is 16.0. The molecule has 144 valence electrons. The highest BCUT2D eigenvalue weighted by Gasteiger charge is 2.33. The molecule has 1 aromatic carbocycles. The first-order chi connectivity index (χ1) is 13.8. The molecule has 2 saturated heterocycles. The van der Waals surface area contributed by atoms with Gasteiger partial charge in [0.25, 0.3) is 0 Å². The van der Waals surface area contributed by atoms with E-state index >= 15 is 0 Å². The molecule has 0 radical (unpaired) electrons. The number of nitrogens with zero attached hydrogens (tertiary/aromatic N) is 4. The highest BCUT2D eigenvalue weighted by molar-refractivity contribution is 5.78. The molecular formula is C23H26N4O. The van der Waals surface area contributed by atoms with E-state index in [1.165, 1.54) is 16.8 Å². The first-order valence-electron chi connectivity index (χ1n) is 10.2. The van der Waals surface area contributed by atoms with Gasteiger partial charge in [-0.3, -0.25) is 4.98 Å². The van der Waals surface area contributed by atoms with Crippen molar-refractivity contribution in [2.45, 2.75) is 18.8 Å². The lowest BCUT2D eigenvalue weighted by Gasteiger charge is -2.42. The molecule has 0 amide bonds. The number of aliphatic hydroxyl groups is 1. The number of pyridine rings is 2. The van der Waals surface area contributed by atoms with Crippen molar-refractivity contribution in [3.8, 4) is 0 Å². The highest BCUT2D eigenvalue weighted by Crippen LogP contribution is 2.37. The molecular weight excluding hydrogens is 348 g/mol. The van der Waals surface area contributed by atoms with E-state index in [9.17, 15) is 5.11 Å². The molecule has 0 spiro atoms. The molecule has 0 unspecified atom stereocenters. The van der Waals surface area contributed by atoms with Crippen molar-refractivity contribution in [1.82, 2.24) is 9.97 Å². The van der Waals surface area contributed by atoms with Gasteiger partial charge < -0.3 is 14.9 Å². The monoisotopic (exact) mass is 374 g/mol. The van der Waals surface area contributed by atoms with Gasteiger partial charge in [0.2, 0.25) is 0 Å². The molecule has 0 atom stereocenters. The normalized spacial score (nSPS) is 18.5. The third-order valence-electron chi connectivity index (χ3n) is 6.20. The van der Waals surface area contributed by atoms with Crippen LogP contribution in [0.4, 0.5) is 11.5 Å². The van der Waals surface area contributed by atoms with E-state index in [-0.39, 0.29) is 0 Å². The first kappa shape index (κ1) is 17.4. The minimum Gasteiger partial charge on any atom is -0.396 e. The molecule has 4 heterocycles. The standard InChI is InChI=1S/C23H26N4O/c28-16-17-9-12-26(13-10-17)22-6-3-11-24-23(22)27-14-19(15-27)21-8-7-18-4-1-2-5-20(18)25-21/h1-8,11,17,19,28H,9-10,12-16H2. The number of aromatic nitrogens is 2. The van der Waals surface area contributed by atoms with Crippen LogP contribution >= 0.6 is 0 Å². The van der Waals surface area contributed by atoms with Crippen LogP contribution < -0.4 is 9.80 Å². The molecule has 1 N–H and O–H groups in total. The van der Waals surface area contributed by atoms with Crippen LogP contribution in [0.15, 0.2) is 54.7 Å². The quantitative estimate of drug-likeness (QED) is 0.758. The Morgan fingerprint density at radius 1 is 0.929 bits per heavy atom. The summed E-state index contributed by atoms with van der Waals surface area (Å²) in [6, 6.07) is 16.9. The Hall–Kier alpha value is -2.66. The van der Waals surface area contributed by atoms with Gasteiger partial charge in [0.15, 0.2) is 5.82 Å². The van der Waals surface area contributed by atoms with E-state index in [0.29, 0.717) is 18.4 Å². The third-order valence-corrected chi connectivity index (χ3v) is 6.20. The molecule has 0 aliphatic carbocycles. The van der Waals surface area contributed by atoms with Crippen molar-refractivity contribution < 1.29 is 5.11 Å². The lowest BCUT2D eigenvalue weighted by molar-refractivity contribution is 0.203. The number of benzene rings is 1. The van der Waals surface area contributed by atoms with Gasteiger partial charge in [-0.1, -0.05) is 24.3 Å². The Bertz CT molecular complexity index is 961. The maximum atomic E-state index is 9.40. The van der Waals surface area contributed by atoms with Crippen molar-refractivity contribution >= 4 is 22.4 Å². The molecule has 5 nitrogen and oxygen atoms in total. The molecule has 5 heteroatoms. The molecule has 28 heavy (non-hydrogen) atoms. The number of aliphatic hydroxyl groups excluding tert-OH is 1. The molecule has 0 saturated carbocycles. The van der Waals surface area contributed by atoms with Crippen molar-refractivity contribution in [2.75, 3.05) is 42.6 Å². The zero-order valence-corrected chi connectivity index (χ0v) is 16.0. The van der Waals surface area contributed by atoms with Gasteiger partial charge in [0.1, 0.15) is 0 Å². The summed E-state index contributed by atoms with van der Waals surface area (Å²) in [5.41, 5.74) is 3.48. The summed E-state index contributed by atoms with van der Waals surface area (Å²) in [5.74, 6) is 1.99. The number of hydrogen-bond acceptors (Lipinski definition) is 5. The van der Waals surface area contributed by atoms with E-state index in [0.717, 1.165) is 50.4 Å². The minimum absolute atomic E-state index is 0.306. The number of para-hydroxylation sites is 1. The van der Waals surface area contributed by atoms with Gasteiger partial charge in [0.05, 0.1) is 11.2 Å². The topological polar surface area (TPSA) is 52.5 Å². The molecule has 2 fully saturated rings. The second-order valence-electron chi connectivity index (χ2n) is 7.99. The van der Waals surface area contributed by atoms with Crippen molar-refractivity contribution in [3.63, 3.8) is 0 Å². The summed E-state index contributed by atoms with van der Waals surface area (Å²) >= 11 is 0. The highest BCUT2D eigenvalue weighted by atomic mass is 16.3. The van der Waals surface area contributed by atoms with Gasteiger partial charge in [-0.05, 0) is 43.0 Å². The summed E-state index contributed by atoms with van der Waals surface area (Å²) in [6.07, 6.45) is 3.99. The Morgan fingerprint density at radius 2 is 1.75 bits per heavy atom. The molecule has 2 aliphatic rings. The fourth-order valence-corrected chi connectivity index (χ4v) is 4.38. The minimum atomic E-state index is 0.306. The predicted molar refractivity (Wildman–Crippen MR) is 113 cm³/mol. The number of rotatable bonds is 4. The Labute approximate surface area is 165 Å². The van der Waals surface area contributed by atoms with Gasteiger partial charge >= 0.3 is 0 Å². The first-order valence-corrected chi connectivity index (χ1v) is 10.2. The summed E-state index contributed by atoms with van der Waals surface area (Å²) in [7, 11) is 0. The van der Waals surface area contributed by atoms with Crippen LogP contribution in [0.1, 0.15) is 24.5 Å². The van der Waals surface area contributed by atoms with Crippen LogP contribution in [0.3, 0.4) is 0 Å². The van der Waals surface area contributed by atoms with E-state index < -0.39 is 0 Å². The van der Waals surface area contributed by atoms with E-state index in [1.807, 2.05) is 18.3 Å². The van der Waals surface area contributed by atoms with E-state index in [1.54, 1.807) is 0 Å². The van der Waals surface area contributed by atoms with Crippen LogP contribution in [0.2, 0.25) is 0 Å². The van der Waals surface area contributed by atoms with Crippen LogP contribution in [-0.4, -0.2) is 47.9 Å². The summed E-state index contributed by atoms with van der Waals surface area (Å²) in [4.78, 5) is 14.4. The molecule has 5 rings (SSSR count). The van der Waals surface area contributed by atoms with E-state index in [4.69, 9.17) is 9.97 Å². The fourth-order valence-electron chi connectivity index (χ4n) is 4.38. The van der Waals surface area contributed by atoms with E-state index in [2.05, 4.69) is 46.2 Å². The average molecular weight is 374 g/mol. The Balaban J connectivity index is 1.31. The summed E-state index contributed by atoms with van der Waals surface area (Å²) in [5, 5.41) is 10.6. The predicted octanol–water partition coefficient (Wildman–Crippen LogP) is 3.44. The second-order valence-corrected chi connectivity index (χ2v) is 7.99. The van der Waals surface area contributed by atoms with Gasteiger partial charge in [-0.15, -0.1) is 0 Å². The molecule has 3 aromatic rings. The largest absolute Gasteiger partial charge is 0.396 e. The van der Waals surface area contributed by atoms with Crippen LogP contribution in [-0.2, 0) is 0 Å². The summed E-state index contributed by atoms with van der Waals surface area (Å²) in [6.45, 7) is 4.21. The van der Waals surface area contributed by atoms with Crippen molar-refractivity contribution in [2.24, 2.45) is 5.92 Å². The number of piperidine rings is 1. The van der Waals surface area contributed by atoms with Gasteiger partial charge in [-0.25, -0.2) is 4.98 Å². The van der Waals surface area contributed by atoms with Gasteiger partial charge in [0, 0.05) is 56.0 Å². The van der Waals surface area contributed by atoms with Gasteiger partial charge in [-0.2, -0.15) is 0 Å². The lowest BCUT2D eigenvalue weighted by atomic mass is 9.94. The van der Waals surface area contributed by atoms with Crippen LogP contribution in [0.5, 0.6) is 0 Å². The Morgan fingerprint density at radius 3 is 2.57 bits per heavy atom. The lowest BCUT2D eigenvalue weighted by Crippen LogP contribution is -2.47. The van der Waals surface area contributed by atoms with Crippen molar-refractivity contribution in [3.05, 3.63) is 60.4 Å². The van der Waals surface area contributed by atoms with Crippen LogP contribution in [0.25, 0.3) is 10.9 Å². The third kappa shape index (κ3) is 3.20. The number of fused-ring (bicyclic) bond motifs is 1.